The van der Waals surface area contributed by atoms with Crippen molar-refractivity contribution in [3.63, 3.8) is 0 Å². The summed E-state index contributed by atoms with van der Waals surface area (Å²) in [7, 11) is 7.25. The molecular weight excluding hydrogens is 376 g/mol. The highest BCUT2D eigenvalue weighted by atomic mass is 32.1. The molecular formula is C20H27N4O3S+. The molecule has 2 aromatic rings. The Morgan fingerprint density at radius 1 is 1.00 bits per heavy atom. The fraction of sp³-hybridized carbons (Fsp3) is 0.300. The number of quaternary nitrogens is 1. The highest BCUT2D eigenvalue weighted by Gasteiger charge is 2.15. The van der Waals surface area contributed by atoms with Gasteiger partial charge in [-0.25, -0.2) is 0 Å². The predicted molar refractivity (Wildman–Crippen MR) is 116 cm³/mol. The normalized spacial score (nSPS) is 10.3. The number of carbonyl (C=O) groups is 1. The van der Waals surface area contributed by atoms with Gasteiger partial charge in [0.2, 0.25) is 0 Å². The van der Waals surface area contributed by atoms with Gasteiger partial charge >= 0.3 is 0 Å². The van der Waals surface area contributed by atoms with E-state index < -0.39 is 0 Å². The van der Waals surface area contributed by atoms with Crippen LogP contribution in [0.4, 0.5) is 11.4 Å². The van der Waals surface area contributed by atoms with E-state index in [2.05, 4.69) is 30.0 Å². The molecule has 0 aliphatic rings. The van der Waals surface area contributed by atoms with Crippen LogP contribution in [0.1, 0.15) is 10.4 Å². The monoisotopic (exact) mass is 403 g/mol. The third-order valence-corrected chi connectivity index (χ3v) is 4.21. The van der Waals surface area contributed by atoms with Crippen LogP contribution in [0, 0.1) is 0 Å². The number of thiocarbonyl (C=S) groups is 1. The van der Waals surface area contributed by atoms with Crippen molar-refractivity contribution >= 4 is 34.6 Å². The number of methoxy groups -OCH3 is 2. The van der Waals surface area contributed by atoms with Gasteiger partial charge in [-0.05, 0) is 24.4 Å². The Kier molecular flexibility index (Phi) is 8.03. The zero-order valence-electron chi connectivity index (χ0n) is 16.6. The molecule has 0 saturated carbocycles. The quantitative estimate of drug-likeness (QED) is 0.499. The molecule has 0 saturated heterocycles. The molecule has 150 valence electrons. The molecule has 0 aromatic heterocycles. The van der Waals surface area contributed by atoms with E-state index in [-0.39, 0.29) is 5.91 Å². The smallest absolute Gasteiger partial charge is 0.255 e. The number of likely N-dealkylation sites (N-methyl/N-ethyl adjacent to an activating group) is 1. The molecule has 7 nitrogen and oxygen atoms in total. The number of benzene rings is 2. The summed E-state index contributed by atoms with van der Waals surface area (Å²) < 4.78 is 10.9. The lowest BCUT2D eigenvalue weighted by atomic mass is 10.2. The molecule has 0 spiro atoms. The minimum Gasteiger partial charge on any atom is -0.494 e. The largest absolute Gasteiger partial charge is 0.494 e. The molecule has 0 radical (unpaired) electrons. The van der Waals surface area contributed by atoms with Crippen molar-refractivity contribution in [2.45, 2.75) is 0 Å². The highest BCUT2D eigenvalue weighted by molar-refractivity contribution is 7.80. The van der Waals surface area contributed by atoms with Crippen molar-refractivity contribution in [1.29, 1.82) is 0 Å². The standard InChI is InChI=1S/C20H26N4O3S/c1-24(2)11-10-21-20(28)23-16-13-17(26-3)15(12-18(16)27-4)22-19(25)14-8-6-5-7-9-14/h5-9,12-13H,10-11H2,1-4H3,(H,22,25)(H2,21,23,28)/p+1. The fourth-order valence-electron chi connectivity index (χ4n) is 2.47. The number of rotatable bonds is 8. The Balaban J connectivity index is 2.16. The molecule has 0 aliphatic carbocycles. The van der Waals surface area contributed by atoms with Gasteiger partial charge in [0.25, 0.3) is 5.91 Å². The molecule has 2 aromatic carbocycles. The Bertz CT molecular complexity index is 813. The highest BCUT2D eigenvalue weighted by Crippen LogP contribution is 2.36. The third kappa shape index (κ3) is 6.11. The van der Waals surface area contributed by atoms with Crippen LogP contribution >= 0.6 is 12.2 Å². The molecule has 0 heterocycles. The van der Waals surface area contributed by atoms with Crippen LogP contribution in [-0.4, -0.2) is 52.4 Å². The lowest BCUT2D eigenvalue weighted by molar-refractivity contribution is -0.856. The number of nitrogens with one attached hydrogen (secondary N) is 4. The van der Waals surface area contributed by atoms with E-state index in [0.717, 1.165) is 13.1 Å². The first kappa shape index (κ1) is 21.5. The average Bonchev–Trinajstić information content (AvgIpc) is 2.69. The van der Waals surface area contributed by atoms with Crippen molar-refractivity contribution < 1.29 is 19.2 Å². The molecule has 1 amide bonds. The second-order valence-corrected chi connectivity index (χ2v) is 6.82. The second kappa shape index (κ2) is 10.5. The minimum absolute atomic E-state index is 0.231. The van der Waals surface area contributed by atoms with E-state index >= 15 is 0 Å². The minimum atomic E-state index is -0.231. The van der Waals surface area contributed by atoms with Crippen LogP contribution in [0.25, 0.3) is 0 Å². The van der Waals surface area contributed by atoms with E-state index in [1.807, 2.05) is 18.2 Å². The van der Waals surface area contributed by atoms with Crippen LogP contribution < -0.4 is 30.3 Å². The van der Waals surface area contributed by atoms with Gasteiger partial charge in [0.15, 0.2) is 5.11 Å². The number of carbonyl (C=O) groups excluding carboxylic acids is 1. The summed E-state index contributed by atoms with van der Waals surface area (Å²) in [5.41, 5.74) is 1.71. The van der Waals surface area contributed by atoms with E-state index in [4.69, 9.17) is 21.7 Å². The maximum atomic E-state index is 12.5. The summed E-state index contributed by atoms with van der Waals surface area (Å²) >= 11 is 5.34. The third-order valence-electron chi connectivity index (χ3n) is 3.96. The summed E-state index contributed by atoms with van der Waals surface area (Å²) in [6, 6.07) is 12.4. The Hall–Kier alpha value is -2.84. The van der Waals surface area contributed by atoms with Crippen molar-refractivity contribution in [1.82, 2.24) is 5.32 Å². The number of hydrogen-bond acceptors (Lipinski definition) is 4. The van der Waals surface area contributed by atoms with Crippen molar-refractivity contribution in [3.8, 4) is 11.5 Å². The maximum absolute atomic E-state index is 12.5. The number of ether oxygens (including phenoxy) is 2. The summed E-state index contributed by atoms with van der Waals surface area (Å²) in [6.07, 6.45) is 0. The van der Waals surface area contributed by atoms with Gasteiger partial charge < -0.3 is 30.3 Å². The zero-order chi connectivity index (χ0) is 20.5. The lowest BCUT2D eigenvalue weighted by Crippen LogP contribution is -3.06. The molecule has 4 N–H and O–H groups in total. The second-order valence-electron chi connectivity index (χ2n) is 6.41. The van der Waals surface area contributed by atoms with Crippen molar-refractivity contribution in [2.75, 3.05) is 52.0 Å². The van der Waals surface area contributed by atoms with Gasteiger partial charge in [0.05, 0.1) is 52.8 Å². The summed E-state index contributed by atoms with van der Waals surface area (Å²) in [4.78, 5) is 13.8. The Morgan fingerprint density at radius 2 is 1.57 bits per heavy atom. The first-order valence-corrected chi connectivity index (χ1v) is 9.31. The van der Waals surface area contributed by atoms with Gasteiger partial charge in [0, 0.05) is 17.7 Å². The van der Waals surface area contributed by atoms with Gasteiger partial charge in [0.1, 0.15) is 11.5 Å². The number of amides is 1. The van der Waals surface area contributed by atoms with Crippen LogP contribution in [0.15, 0.2) is 42.5 Å². The number of hydrogen-bond donors (Lipinski definition) is 4. The number of anilines is 2. The van der Waals surface area contributed by atoms with Crippen LogP contribution in [0.2, 0.25) is 0 Å². The van der Waals surface area contributed by atoms with Crippen LogP contribution in [-0.2, 0) is 0 Å². The molecule has 0 atom stereocenters. The summed E-state index contributed by atoms with van der Waals surface area (Å²) in [5.74, 6) is 0.796. The first-order valence-electron chi connectivity index (χ1n) is 8.91. The molecule has 28 heavy (non-hydrogen) atoms. The van der Waals surface area contributed by atoms with E-state index in [1.54, 1.807) is 38.5 Å². The van der Waals surface area contributed by atoms with Crippen molar-refractivity contribution in [3.05, 3.63) is 48.0 Å². The van der Waals surface area contributed by atoms with E-state index in [0.29, 0.717) is 33.5 Å². The fourth-order valence-corrected chi connectivity index (χ4v) is 2.68. The van der Waals surface area contributed by atoms with E-state index in [1.165, 1.54) is 4.90 Å². The van der Waals surface area contributed by atoms with Crippen molar-refractivity contribution in [2.24, 2.45) is 0 Å². The van der Waals surface area contributed by atoms with Gasteiger partial charge in [-0.2, -0.15) is 0 Å². The maximum Gasteiger partial charge on any atom is 0.255 e. The van der Waals surface area contributed by atoms with Gasteiger partial charge in [-0.3, -0.25) is 4.79 Å². The molecule has 0 bridgehead atoms. The average molecular weight is 404 g/mol. The predicted octanol–water partition coefficient (Wildman–Crippen LogP) is 1.39. The first-order chi connectivity index (χ1) is 13.4. The van der Waals surface area contributed by atoms with Crippen LogP contribution in [0.3, 0.4) is 0 Å². The molecule has 2 rings (SSSR count). The lowest BCUT2D eigenvalue weighted by Gasteiger charge is -2.18. The van der Waals surface area contributed by atoms with E-state index in [9.17, 15) is 4.79 Å². The molecule has 0 aliphatic heterocycles. The van der Waals surface area contributed by atoms with Gasteiger partial charge in [-0.1, -0.05) is 18.2 Å². The Morgan fingerprint density at radius 3 is 2.11 bits per heavy atom. The summed E-state index contributed by atoms with van der Waals surface area (Å²) in [5, 5.41) is 9.61. The summed E-state index contributed by atoms with van der Waals surface area (Å²) in [6.45, 7) is 1.69. The molecule has 0 fully saturated rings. The zero-order valence-corrected chi connectivity index (χ0v) is 17.4. The Labute approximate surface area is 171 Å². The van der Waals surface area contributed by atoms with Gasteiger partial charge in [-0.15, -0.1) is 0 Å². The molecule has 0 unspecified atom stereocenters. The topological polar surface area (TPSA) is 76.1 Å². The molecule has 8 heteroatoms. The van der Waals surface area contributed by atoms with Crippen LogP contribution in [0.5, 0.6) is 11.5 Å². The SMILES string of the molecule is COc1cc(NC(=S)NCC[NH+](C)C)c(OC)cc1NC(=O)c1ccccc1.